The molecule has 8 aromatic rings. The van der Waals surface area contributed by atoms with Crippen molar-refractivity contribution >= 4 is 95.0 Å². The van der Waals surface area contributed by atoms with Gasteiger partial charge in [-0.05, 0) is 109 Å². The molecule has 0 unspecified atom stereocenters. The van der Waals surface area contributed by atoms with E-state index in [9.17, 15) is 41.1 Å². The van der Waals surface area contributed by atoms with Crippen LogP contribution in [0.1, 0.15) is 55.8 Å². The maximum atomic E-state index is 14.2. The average molecular weight is 947 g/mol. The van der Waals surface area contributed by atoms with Crippen molar-refractivity contribution in [2.45, 2.75) is 26.2 Å². The van der Waals surface area contributed by atoms with E-state index in [1.165, 1.54) is 24.3 Å². The first kappa shape index (κ1) is 43.9. The van der Waals surface area contributed by atoms with Crippen molar-refractivity contribution in [2.75, 3.05) is 48.0 Å². The molecule has 0 fully saturated rings. The van der Waals surface area contributed by atoms with E-state index in [-0.39, 0.29) is 30.0 Å². The molecule has 10 rings (SSSR count). The Bertz CT molecular complexity index is 3410. The zero-order valence-corrected chi connectivity index (χ0v) is 36.7. The number of halogens is 5. The van der Waals surface area contributed by atoms with E-state index in [0.29, 0.717) is 94.2 Å². The fraction of sp³-hybridized carbons (Fsp3) is 0.188. The van der Waals surface area contributed by atoms with Crippen LogP contribution in [0.15, 0.2) is 89.1 Å². The fourth-order valence-corrected chi connectivity index (χ4v) is 9.43. The lowest BCUT2D eigenvalue weighted by Crippen LogP contribution is -2.29. The van der Waals surface area contributed by atoms with E-state index in [0.717, 1.165) is 27.0 Å². The predicted octanol–water partition coefficient (Wildman–Crippen LogP) is 10.4. The van der Waals surface area contributed by atoms with Gasteiger partial charge in [0, 0.05) is 78.0 Å². The summed E-state index contributed by atoms with van der Waals surface area (Å²) in [5, 5.41) is 10.4. The lowest BCUT2D eigenvalue weighted by atomic mass is 10.1. The van der Waals surface area contributed by atoms with Crippen LogP contribution in [0.2, 0.25) is 0 Å². The molecule has 2 N–H and O–H groups in total. The molecule has 20 heteroatoms. The molecule has 2 aliphatic heterocycles. The summed E-state index contributed by atoms with van der Waals surface area (Å²) in [6, 6.07) is 22.9. The van der Waals surface area contributed by atoms with Gasteiger partial charge in [-0.3, -0.25) is 14.4 Å². The monoisotopic (exact) mass is 946 g/mol. The Morgan fingerprint density at radius 2 is 1.34 bits per heavy atom. The minimum atomic E-state index is -2.38. The Balaban J connectivity index is 0.818. The van der Waals surface area contributed by atoms with Crippen LogP contribution in [0.5, 0.6) is 5.75 Å². The molecule has 2 aliphatic rings. The summed E-state index contributed by atoms with van der Waals surface area (Å²) >= 11 is 1.32. The number of nitrogens with one attached hydrogen (secondary N) is 2. The van der Waals surface area contributed by atoms with Gasteiger partial charge >= 0.3 is 11.9 Å². The molecule has 5 heterocycles. The average Bonchev–Trinajstić information content (AvgIpc) is 4.20. The van der Waals surface area contributed by atoms with Crippen LogP contribution < -0.4 is 19.4 Å². The van der Waals surface area contributed by atoms with Crippen LogP contribution in [0.25, 0.3) is 32.0 Å². The number of carbonyl (C=O) groups excluding carboxylic acids is 4. The summed E-state index contributed by atoms with van der Waals surface area (Å²) in [6.07, 6.45) is 1.63. The number of anilines is 3. The molecule has 0 atom stereocenters. The second kappa shape index (κ2) is 17.3. The highest BCUT2D eigenvalue weighted by Crippen LogP contribution is 2.40. The summed E-state index contributed by atoms with van der Waals surface area (Å²) in [5.74, 6) is -15.4. The minimum Gasteiger partial charge on any atom is -0.466 e. The summed E-state index contributed by atoms with van der Waals surface area (Å²) in [4.78, 5) is 67.9. The van der Waals surface area contributed by atoms with Crippen molar-refractivity contribution in [3.8, 4) is 5.75 Å². The van der Waals surface area contributed by atoms with Crippen molar-refractivity contribution in [2.24, 2.45) is 10.2 Å². The molecular weight excluding hydrogens is 912 g/mol. The number of esters is 2. The highest BCUT2D eigenvalue weighted by molar-refractivity contribution is 7.21. The van der Waals surface area contributed by atoms with Gasteiger partial charge in [0.15, 0.2) is 0 Å². The quantitative estimate of drug-likeness (QED) is 0.0246. The van der Waals surface area contributed by atoms with E-state index < -0.39 is 40.8 Å². The van der Waals surface area contributed by atoms with Crippen LogP contribution in [0.4, 0.5) is 49.8 Å². The molecule has 14 nitrogen and oxygen atoms in total. The number of fused-ring (bicyclic) bond motifs is 7. The van der Waals surface area contributed by atoms with E-state index in [2.05, 4.69) is 34.8 Å². The first-order chi connectivity index (χ1) is 32.7. The lowest BCUT2D eigenvalue weighted by Gasteiger charge is -2.19. The molecule has 0 radical (unpaired) electrons. The predicted molar refractivity (Wildman–Crippen MR) is 243 cm³/mol. The van der Waals surface area contributed by atoms with Gasteiger partial charge in [0.2, 0.25) is 40.0 Å². The Kier molecular flexibility index (Phi) is 11.2. The number of amides is 2. The number of ether oxygens (including phenoxy) is 2. The maximum absolute atomic E-state index is 14.2. The molecule has 344 valence electrons. The molecular formula is C48H35F5N8O6S. The SMILES string of the molecule is CC(=O)OCCCN(C)c1ccc(/N=N/c2nc3ccc(C(=O)N4CCc5c4ccc4[nH]c(C(=O)N6CCc7c6ccc6[nH]c(C(=O)Oc8c(F)c(F)c(F)c(F)c8F)cc76)cc54)cc3s2)cc1. The van der Waals surface area contributed by atoms with Gasteiger partial charge in [-0.15, -0.1) is 10.2 Å². The molecule has 2 amide bonds. The Labute approximate surface area is 385 Å². The van der Waals surface area contributed by atoms with Gasteiger partial charge in [-0.25, -0.2) is 22.9 Å². The van der Waals surface area contributed by atoms with E-state index in [1.807, 2.05) is 43.4 Å². The fourth-order valence-electron chi connectivity index (χ4n) is 8.60. The molecule has 0 bridgehead atoms. The molecule has 0 aliphatic carbocycles. The smallest absolute Gasteiger partial charge is 0.360 e. The van der Waals surface area contributed by atoms with E-state index in [1.54, 1.807) is 46.2 Å². The topological polar surface area (TPSA) is 166 Å². The van der Waals surface area contributed by atoms with Gasteiger partial charge in [0.1, 0.15) is 11.4 Å². The Hall–Kier alpha value is -8.00. The second-order valence-electron chi connectivity index (χ2n) is 16.1. The third-order valence-corrected chi connectivity index (χ3v) is 12.8. The molecule has 0 spiro atoms. The van der Waals surface area contributed by atoms with Crippen molar-refractivity contribution in [3.63, 3.8) is 0 Å². The normalized spacial score (nSPS) is 13.3. The maximum Gasteiger partial charge on any atom is 0.360 e. The van der Waals surface area contributed by atoms with Crippen LogP contribution in [-0.4, -0.2) is 72.0 Å². The van der Waals surface area contributed by atoms with Gasteiger partial charge in [0.05, 0.1) is 22.5 Å². The van der Waals surface area contributed by atoms with E-state index in [4.69, 9.17) is 4.74 Å². The van der Waals surface area contributed by atoms with Crippen molar-refractivity contribution in [1.29, 1.82) is 0 Å². The van der Waals surface area contributed by atoms with Gasteiger partial charge in [-0.2, -0.15) is 8.78 Å². The molecule has 3 aromatic heterocycles. The number of H-pyrrole nitrogens is 2. The number of aromatic amines is 2. The zero-order chi connectivity index (χ0) is 47.5. The van der Waals surface area contributed by atoms with Gasteiger partial charge in [-0.1, -0.05) is 11.3 Å². The minimum absolute atomic E-state index is 0.191. The van der Waals surface area contributed by atoms with Crippen molar-refractivity contribution in [1.82, 2.24) is 15.0 Å². The number of nitrogens with zero attached hydrogens (tertiary/aromatic N) is 6. The standard InChI is InChI=1S/C48H35F5N8O6S/c1-23(62)66-19-3-16-59(2)26-7-5-25(6-8-26)57-58-48-56-33-9-4-24(20-38(33)68-48)45(63)60-17-14-27-29-21-34(54-31(29)10-12-36(27)60)46(64)61-18-15-28-30-22-35(55-32(30)11-13-37(28)61)47(65)67-44-42(52)40(50)39(49)41(51)43(44)53/h4-13,20-22,54-55H,3,14-19H2,1-2H3/b58-57+. The third-order valence-electron chi connectivity index (χ3n) is 11.9. The number of aromatic nitrogens is 3. The molecule has 68 heavy (non-hydrogen) atoms. The number of azo groups is 1. The highest BCUT2D eigenvalue weighted by atomic mass is 32.1. The van der Waals surface area contributed by atoms with Crippen LogP contribution >= 0.6 is 11.3 Å². The summed E-state index contributed by atoms with van der Waals surface area (Å²) in [5.41, 5.74) is 6.78. The summed E-state index contributed by atoms with van der Waals surface area (Å²) < 4.78 is 79.9. The first-order valence-corrected chi connectivity index (χ1v) is 22.0. The van der Waals surface area contributed by atoms with Crippen molar-refractivity contribution < 1.29 is 50.6 Å². The Morgan fingerprint density at radius 3 is 1.99 bits per heavy atom. The zero-order valence-electron chi connectivity index (χ0n) is 35.9. The third kappa shape index (κ3) is 7.84. The second-order valence-corrected chi connectivity index (χ2v) is 17.1. The van der Waals surface area contributed by atoms with Gasteiger partial charge < -0.3 is 34.1 Å². The first-order valence-electron chi connectivity index (χ1n) is 21.2. The number of hydrogen-bond donors (Lipinski definition) is 2. The van der Waals surface area contributed by atoms with Crippen LogP contribution in [0, 0.1) is 29.1 Å². The highest BCUT2D eigenvalue weighted by Gasteiger charge is 2.33. The van der Waals surface area contributed by atoms with E-state index >= 15 is 0 Å². The molecule has 0 saturated carbocycles. The van der Waals surface area contributed by atoms with Gasteiger partial charge in [0.25, 0.3) is 11.8 Å². The Morgan fingerprint density at radius 1 is 0.735 bits per heavy atom. The van der Waals surface area contributed by atoms with Crippen LogP contribution in [-0.2, 0) is 22.4 Å². The number of hydrogen-bond acceptors (Lipinski definition) is 11. The lowest BCUT2D eigenvalue weighted by molar-refractivity contribution is -0.141. The number of thiazole rings is 1. The summed E-state index contributed by atoms with van der Waals surface area (Å²) in [7, 11) is 1.96. The molecule has 0 saturated heterocycles. The molecule has 5 aromatic carbocycles. The largest absolute Gasteiger partial charge is 0.466 e. The summed E-state index contributed by atoms with van der Waals surface area (Å²) in [6.45, 7) is 3.16. The number of benzene rings is 5. The number of carbonyl (C=O) groups is 4. The number of rotatable bonds is 11. The van der Waals surface area contributed by atoms with Crippen LogP contribution in [0.3, 0.4) is 0 Å². The van der Waals surface area contributed by atoms with Crippen molar-refractivity contribution in [3.05, 3.63) is 136 Å².